The lowest BCUT2D eigenvalue weighted by Crippen LogP contribution is -2.38. The number of aromatic amines is 1. The minimum atomic E-state index is -0.536. The molecule has 1 aromatic carbocycles. The number of likely N-dealkylation sites (tertiary alicyclic amines) is 1. The third kappa shape index (κ3) is 3.81. The van der Waals surface area contributed by atoms with Crippen LogP contribution in [0.5, 0.6) is 5.75 Å². The predicted molar refractivity (Wildman–Crippen MR) is 92.6 cm³/mol. The van der Waals surface area contributed by atoms with Gasteiger partial charge in [-0.25, -0.2) is 0 Å². The summed E-state index contributed by atoms with van der Waals surface area (Å²) in [6, 6.07) is 8.94. The molecular formula is C18H22N4O3. The summed E-state index contributed by atoms with van der Waals surface area (Å²) in [4.78, 5) is 25.6. The van der Waals surface area contributed by atoms with Crippen LogP contribution in [0.1, 0.15) is 52.2 Å². The van der Waals surface area contributed by atoms with Crippen LogP contribution in [0.25, 0.3) is 0 Å². The van der Waals surface area contributed by atoms with E-state index in [0.29, 0.717) is 25.3 Å². The predicted octanol–water partition coefficient (Wildman–Crippen LogP) is 1.93. The van der Waals surface area contributed by atoms with Crippen molar-refractivity contribution in [3.63, 3.8) is 0 Å². The van der Waals surface area contributed by atoms with E-state index >= 15 is 0 Å². The summed E-state index contributed by atoms with van der Waals surface area (Å²) in [7, 11) is 0. The highest BCUT2D eigenvalue weighted by Crippen LogP contribution is 2.28. The van der Waals surface area contributed by atoms with Crippen molar-refractivity contribution in [3.8, 4) is 5.75 Å². The largest absolute Gasteiger partial charge is 0.494 e. The number of aromatic nitrogens is 2. The molecule has 1 aliphatic heterocycles. The van der Waals surface area contributed by atoms with Crippen LogP contribution in [0, 0.1) is 0 Å². The van der Waals surface area contributed by atoms with Crippen molar-refractivity contribution in [2.45, 2.75) is 25.7 Å². The molecule has 7 nitrogen and oxygen atoms in total. The van der Waals surface area contributed by atoms with E-state index < -0.39 is 5.91 Å². The summed E-state index contributed by atoms with van der Waals surface area (Å²) in [5.41, 5.74) is 7.05. The topological polar surface area (TPSA) is 101 Å². The molecule has 0 bridgehead atoms. The van der Waals surface area contributed by atoms with Crippen LogP contribution in [0.2, 0.25) is 0 Å². The van der Waals surface area contributed by atoms with Crippen molar-refractivity contribution < 1.29 is 14.3 Å². The zero-order valence-electron chi connectivity index (χ0n) is 14.2. The van der Waals surface area contributed by atoms with Crippen molar-refractivity contribution >= 4 is 11.8 Å². The number of hydrogen-bond acceptors (Lipinski definition) is 4. The molecule has 3 N–H and O–H groups in total. The number of hydrogen-bond donors (Lipinski definition) is 2. The van der Waals surface area contributed by atoms with Crippen LogP contribution in [-0.2, 0) is 0 Å². The second-order valence-electron chi connectivity index (χ2n) is 6.10. The number of benzene rings is 1. The molecule has 2 amide bonds. The smallest absolute Gasteiger partial charge is 0.269 e. The molecule has 1 aromatic heterocycles. The number of carbonyl (C=O) groups is 2. The Bertz CT molecular complexity index is 746. The average Bonchev–Trinajstić information content (AvgIpc) is 3.13. The van der Waals surface area contributed by atoms with Crippen LogP contribution in [0.4, 0.5) is 0 Å². The number of nitrogens with two attached hydrogens (primary N) is 1. The Morgan fingerprint density at radius 2 is 1.96 bits per heavy atom. The van der Waals surface area contributed by atoms with Crippen molar-refractivity contribution in [2.24, 2.45) is 5.73 Å². The van der Waals surface area contributed by atoms with Gasteiger partial charge in [0.1, 0.15) is 11.4 Å². The van der Waals surface area contributed by atoms with Crippen molar-refractivity contribution in [1.82, 2.24) is 15.1 Å². The third-order valence-electron chi connectivity index (χ3n) is 4.48. The Morgan fingerprint density at radius 1 is 1.28 bits per heavy atom. The first-order valence-electron chi connectivity index (χ1n) is 8.45. The number of piperidine rings is 1. The molecule has 0 aliphatic carbocycles. The zero-order valence-corrected chi connectivity index (χ0v) is 14.2. The quantitative estimate of drug-likeness (QED) is 0.867. The maximum Gasteiger partial charge on any atom is 0.269 e. The van der Waals surface area contributed by atoms with Crippen molar-refractivity contribution in [3.05, 3.63) is 47.3 Å². The fraction of sp³-hybridized carbons (Fsp3) is 0.389. The average molecular weight is 342 g/mol. The molecule has 2 aromatic rings. The molecule has 25 heavy (non-hydrogen) atoms. The van der Waals surface area contributed by atoms with Gasteiger partial charge >= 0.3 is 0 Å². The molecule has 2 heterocycles. The maximum atomic E-state index is 12.6. The van der Waals surface area contributed by atoms with E-state index in [2.05, 4.69) is 10.2 Å². The number of H-pyrrole nitrogens is 1. The molecule has 1 saturated heterocycles. The summed E-state index contributed by atoms with van der Waals surface area (Å²) < 4.78 is 5.40. The minimum absolute atomic E-state index is 0.0314. The molecule has 7 heteroatoms. The number of carbonyl (C=O) groups excluding carboxylic acids is 2. The standard InChI is InChI=1S/C18H22N4O3/c1-2-25-14-5-3-13(4-6-14)18(24)22-9-7-12(8-10-22)15-11-16(17(19)23)21-20-15/h3-6,11-12H,2,7-10H2,1H3,(H2,19,23)(H,20,21). The van der Waals surface area contributed by atoms with Gasteiger partial charge in [0, 0.05) is 30.3 Å². The molecule has 0 unspecified atom stereocenters. The molecule has 0 spiro atoms. The van der Waals surface area contributed by atoms with E-state index in [1.165, 1.54) is 0 Å². The Morgan fingerprint density at radius 3 is 2.52 bits per heavy atom. The molecule has 0 saturated carbocycles. The summed E-state index contributed by atoms with van der Waals surface area (Å²) in [5, 5.41) is 6.81. The van der Waals surface area contributed by atoms with Crippen LogP contribution in [-0.4, -0.2) is 46.6 Å². The van der Waals surface area contributed by atoms with Crippen LogP contribution < -0.4 is 10.5 Å². The summed E-state index contributed by atoms with van der Waals surface area (Å²) >= 11 is 0. The van der Waals surface area contributed by atoms with Gasteiger partial charge in [-0.2, -0.15) is 5.10 Å². The summed E-state index contributed by atoms with van der Waals surface area (Å²) in [6.45, 7) is 3.87. The monoisotopic (exact) mass is 342 g/mol. The van der Waals surface area contributed by atoms with Gasteiger partial charge in [-0.3, -0.25) is 14.7 Å². The van der Waals surface area contributed by atoms with Crippen LogP contribution >= 0.6 is 0 Å². The molecule has 0 radical (unpaired) electrons. The third-order valence-corrected chi connectivity index (χ3v) is 4.48. The highest BCUT2D eigenvalue weighted by Gasteiger charge is 2.26. The van der Waals surface area contributed by atoms with Gasteiger partial charge < -0.3 is 15.4 Å². The SMILES string of the molecule is CCOc1ccc(C(=O)N2CCC(c3cc(C(N)=O)n[nH]3)CC2)cc1. The molecule has 0 atom stereocenters. The van der Waals surface area contributed by atoms with Gasteiger partial charge in [-0.1, -0.05) is 0 Å². The minimum Gasteiger partial charge on any atom is -0.494 e. The van der Waals surface area contributed by atoms with Crippen molar-refractivity contribution in [2.75, 3.05) is 19.7 Å². The fourth-order valence-electron chi connectivity index (χ4n) is 3.11. The zero-order chi connectivity index (χ0) is 17.8. The number of primary amides is 1. The van der Waals surface area contributed by atoms with E-state index in [1.807, 2.05) is 24.0 Å². The summed E-state index contributed by atoms with van der Waals surface area (Å²) in [6.07, 6.45) is 1.65. The van der Waals surface area contributed by atoms with Gasteiger partial charge in [0.2, 0.25) is 0 Å². The molecular weight excluding hydrogens is 320 g/mol. The first kappa shape index (κ1) is 17.0. The lowest BCUT2D eigenvalue weighted by atomic mass is 9.93. The van der Waals surface area contributed by atoms with Gasteiger partial charge in [-0.05, 0) is 50.1 Å². The maximum absolute atomic E-state index is 12.6. The number of amides is 2. The highest BCUT2D eigenvalue weighted by molar-refractivity contribution is 5.94. The molecule has 132 valence electrons. The second kappa shape index (κ2) is 7.38. The number of nitrogens with zero attached hydrogens (tertiary/aromatic N) is 2. The van der Waals surface area contributed by atoms with Crippen LogP contribution in [0.3, 0.4) is 0 Å². The van der Waals surface area contributed by atoms with E-state index in [0.717, 1.165) is 24.3 Å². The lowest BCUT2D eigenvalue weighted by Gasteiger charge is -2.31. The summed E-state index contributed by atoms with van der Waals surface area (Å²) in [5.74, 6) is 0.516. The Labute approximate surface area is 146 Å². The van der Waals surface area contributed by atoms with Gasteiger partial charge in [-0.15, -0.1) is 0 Å². The number of nitrogens with one attached hydrogen (secondary N) is 1. The van der Waals surface area contributed by atoms with Crippen LogP contribution in [0.15, 0.2) is 30.3 Å². The number of rotatable bonds is 5. The van der Waals surface area contributed by atoms with Gasteiger partial charge in [0.05, 0.1) is 6.61 Å². The first-order valence-corrected chi connectivity index (χ1v) is 8.45. The van der Waals surface area contributed by atoms with E-state index in [-0.39, 0.29) is 17.5 Å². The van der Waals surface area contributed by atoms with E-state index in [4.69, 9.17) is 10.5 Å². The Hall–Kier alpha value is -2.83. The normalized spacial score (nSPS) is 15.2. The second-order valence-corrected chi connectivity index (χ2v) is 6.10. The van der Waals surface area contributed by atoms with E-state index in [9.17, 15) is 9.59 Å². The Balaban J connectivity index is 1.59. The van der Waals surface area contributed by atoms with E-state index in [1.54, 1.807) is 18.2 Å². The lowest BCUT2D eigenvalue weighted by molar-refractivity contribution is 0.0712. The molecule has 3 rings (SSSR count). The van der Waals surface area contributed by atoms with Gasteiger partial charge in [0.25, 0.3) is 11.8 Å². The highest BCUT2D eigenvalue weighted by atomic mass is 16.5. The first-order chi connectivity index (χ1) is 12.1. The number of ether oxygens (including phenoxy) is 1. The van der Waals surface area contributed by atoms with Crippen molar-refractivity contribution in [1.29, 1.82) is 0 Å². The molecule has 1 aliphatic rings. The fourth-order valence-corrected chi connectivity index (χ4v) is 3.11. The van der Waals surface area contributed by atoms with Gasteiger partial charge in [0.15, 0.2) is 0 Å². The molecule has 1 fully saturated rings. The Kier molecular flexibility index (Phi) is 5.02.